The van der Waals surface area contributed by atoms with E-state index in [1.165, 1.54) is 11.1 Å². The molecule has 0 aromatic heterocycles. The predicted octanol–water partition coefficient (Wildman–Crippen LogP) is 5.08. The molecule has 0 spiro atoms. The Morgan fingerprint density at radius 1 is 0.628 bits per heavy atom. The Balaban J connectivity index is 1.46. The quantitative estimate of drug-likeness (QED) is 0.240. The van der Waals surface area contributed by atoms with Gasteiger partial charge >= 0.3 is 0 Å². The van der Waals surface area contributed by atoms with Crippen molar-refractivity contribution in [3.63, 3.8) is 0 Å². The van der Waals surface area contributed by atoms with Crippen molar-refractivity contribution in [2.75, 3.05) is 85.6 Å². The fraction of sp³-hybridized carbons (Fsp3) is 0.429. The molecule has 0 saturated heterocycles. The molecule has 3 aromatic rings. The number of rotatable bonds is 10. The molecule has 43 heavy (non-hydrogen) atoms. The van der Waals surface area contributed by atoms with Crippen LogP contribution in [-0.4, -0.2) is 95.4 Å². The molecule has 0 atom stereocenters. The fourth-order valence-electron chi connectivity index (χ4n) is 4.74. The Morgan fingerprint density at radius 3 is 1.81 bits per heavy atom. The maximum absolute atomic E-state index is 6.41. The van der Waals surface area contributed by atoms with Gasteiger partial charge in [-0.15, -0.1) is 6.58 Å². The third kappa shape index (κ3) is 12.4. The van der Waals surface area contributed by atoms with Crippen molar-refractivity contribution in [1.82, 2.24) is 9.80 Å². The average Bonchev–Trinajstić information content (AvgIpc) is 3.03. The average molecular weight is 591 g/mol. The van der Waals surface area contributed by atoms with Crippen molar-refractivity contribution in [2.45, 2.75) is 13.1 Å². The summed E-state index contributed by atoms with van der Waals surface area (Å²) in [4.78, 5) is 4.69. The highest BCUT2D eigenvalue weighted by molar-refractivity contribution is 5.51. The lowest BCUT2D eigenvalue weighted by Gasteiger charge is -2.25. The van der Waals surface area contributed by atoms with Crippen molar-refractivity contribution >= 4 is 0 Å². The van der Waals surface area contributed by atoms with Gasteiger partial charge in [0, 0.05) is 39.3 Å². The van der Waals surface area contributed by atoms with E-state index in [2.05, 4.69) is 64.9 Å². The Labute approximate surface area is 256 Å². The number of fused-ring (bicyclic) bond motifs is 1. The number of nitrogens with zero attached hydrogens (tertiary/aromatic N) is 2. The van der Waals surface area contributed by atoms with Gasteiger partial charge in [0.15, 0.2) is 11.5 Å². The molecule has 8 nitrogen and oxygen atoms in total. The van der Waals surface area contributed by atoms with E-state index in [-0.39, 0.29) is 0 Å². The summed E-state index contributed by atoms with van der Waals surface area (Å²) < 4.78 is 36.2. The minimum absolute atomic E-state index is 0.399. The summed E-state index contributed by atoms with van der Waals surface area (Å²) >= 11 is 0. The molecule has 0 N–H and O–H groups in total. The van der Waals surface area contributed by atoms with Crippen LogP contribution in [0.4, 0.5) is 0 Å². The van der Waals surface area contributed by atoms with Crippen molar-refractivity contribution in [3.8, 4) is 17.2 Å². The maximum atomic E-state index is 6.41. The summed E-state index contributed by atoms with van der Waals surface area (Å²) in [7, 11) is 0. The van der Waals surface area contributed by atoms with Crippen LogP contribution in [-0.2, 0) is 27.3 Å². The van der Waals surface area contributed by atoms with Crippen LogP contribution in [0.1, 0.15) is 11.1 Å². The van der Waals surface area contributed by atoms with Crippen LogP contribution in [0.3, 0.4) is 0 Å². The number of hydrogen-bond acceptors (Lipinski definition) is 8. The van der Waals surface area contributed by atoms with Gasteiger partial charge in [0.1, 0.15) is 19.8 Å². The van der Waals surface area contributed by atoms with E-state index in [9.17, 15) is 0 Å². The number of para-hydroxylation sites is 1. The van der Waals surface area contributed by atoms with E-state index in [1.807, 2.05) is 30.3 Å². The maximum Gasteiger partial charge on any atom is 0.203 e. The molecule has 0 amide bonds. The summed E-state index contributed by atoms with van der Waals surface area (Å²) in [5.41, 5.74) is 2.51. The zero-order valence-electron chi connectivity index (χ0n) is 25.2. The molecule has 0 bridgehead atoms. The highest BCUT2D eigenvalue weighted by atomic mass is 16.6. The topological polar surface area (TPSA) is 61.9 Å². The summed E-state index contributed by atoms with van der Waals surface area (Å²) in [5, 5.41) is 0. The van der Waals surface area contributed by atoms with Crippen LogP contribution >= 0.6 is 0 Å². The van der Waals surface area contributed by atoms with Crippen LogP contribution in [0, 0.1) is 0 Å². The summed E-state index contributed by atoms with van der Waals surface area (Å²) in [6.07, 6.45) is 1.73. The molecule has 1 heterocycles. The first-order chi connectivity index (χ1) is 21.3. The highest BCUT2D eigenvalue weighted by Crippen LogP contribution is 2.37. The van der Waals surface area contributed by atoms with Gasteiger partial charge in [-0.05, 0) is 23.3 Å². The minimum Gasteiger partial charge on any atom is -0.488 e. The SMILES string of the molecule is C=CCOCCOc1cccc2c1OCCN(Cc1ccccc1)CCOCCOCCN(Cc1ccccc1)CCO2. The Hall–Kier alpha value is -3.40. The summed E-state index contributed by atoms with van der Waals surface area (Å²) in [5.74, 6) is 1.92. The van der Waals surface area contributed by atoms with Crippen LogP contribution in [0.25, 0.3) is 0 Å². The smallest absolute Gasteiger partial charge is 0.203 e. The van der Waals surface area contributed by atoms with E-state index in [1.54, 1.807) is 6.08 Å². The summed E-state index contributed by atoms with van der Waals surface area (Å²) in [6.45, 7) is 13.1. The van der Waals surface area contributed by atoms with Crippen LogP contribution in [0.15, 0.2) is 91.5 Å². The van der Waals surface area contributed by atoms with Crippen LogP contribution in [0.2, 0.25) is 0 Å². The largest absolute Gasteiger partial charge is 0.488 e. The predicted molar refractivity (Wildman–Crippen MR) is 169 cm³/mol. The van der Waals surface area contributed by atoms with E-state index in [4.69, 9.17) is 28.4 Å². The number of benzene rings is 3. The van der Waals surface area contributed by atoms with Crippen LogP contribution < -0.4 is 14.2 Å². The molecule has 0 radical (unpaired) electrons. The molecule has 232 valence electrons. The molecular formula is C35H46N2O6. The molecule has 0 fully saturated rings. The Bertz CT molecular complexity index is 1160. The van der Waals surface area contributed by atoms with Gasteiger partial charge in [0.05, 0.1) is 39.6 Å². The van der Waals surface area contributed by atoms with Gasteiger partial charge in [-0.3, -0.25) is 9.80 Å². The minimum atomic E-state index is 0.399. The van der Waals surface area contributed by atoms with Gasteiger partial charge in [-0.1, -0.05) is 72.8 Å². The number of hydrogen-bond donors (Lipinski definition) is 0. The molecule has 1 aliphatic heterocycles. The Kier molecular flexibility index (Phi) is 14.9. The van der Waals surface area contributed by atoms with Crippen molar-refractivity contribution in [1.29, 1.82) is 0 Å². The third-order valence-electron chi connectivity index (χ3n) is 6.96. The van der Waals surface area contributed by atoms with Gasteiger partial charge < -0.3 is 28.4 Å². The summed E-state index contributed by atoms with van der Waals surface area (Å²) in [6, 6.07) is 26.7. The Morgan fingerprint density at radius 2 is 1.21 bits per heavy atom. The normalized spacial score (nSPS) is 16.6. The first kappa shape index (κ1) is 32.5. The fourth-order valence-corrected chi connectivity index (χ4v) is 4.74. The zero-order chi connectivity index (χ0) is 29.8. The lowest BCUT2D eigenvalue weighted by Crippen LogP contribution is -2.33. The molecule has 8 heteroatoms. The van der Waals surface area contributed by atoms with E-state index in [0.717, 1.165) is 39.3 Å². The van der Waals surface area contributed by atoms with E-state index < -0.39 is 0 Å². The van der Waals surface area contributed by atoms with Crippen LogP contribution in [0.5, 0.6) is 17.2 Å². The zero-order valence-corrected chi connectivity index (χ0v) is 25.2. The second-order valence-electron chi connectivity index (χ2n) is 10.2. The van der Waals surface area contributed by atoms with E-state index >= 15 is 0 Å². The highest BCUT2D eigenvalue weighted by Gasteiger charge is 2.16. The van der Waals surface area contributed by atoms with Gasteiger partial charge in [-0.25, -0.2) is 0 Å². The first-order valence-electron chi connectivity index (χ1n) is 15.2. The number of ether oxygens (including phenoxy) is 6. The van der Waals surface area contributed by atoms with Gasteiger partial charge in [-0.2, -0.15) is 0 Å². The van der Waals surface area contributed by atoms with Crippen molar-refractivity contribution in [2.24, 2.45) is 0 Å². The molecular weight excluding hydrogens is 544 g/mol. The lowest BCUT2D eigenvalue weighted by atomic mass is 10.2. The van der Waals surface area contributed by atoms with Crippen molar-refractivity contribution < 1.29 is 28.4 Å². The second kappa shape index (κ2) is 19.7. The molecule has 0 saturated carbocycles. The standard InChI is InChI=1S/C35H46N2O6/c1-2-20-38-27-28-42-34-15-9-14-33-35(34)43-24-19-37(30-32-12-7-4-8-13-32)17-22-40-26-25-39-21-16-36(18-23-41-33)29-31-10-5-3-6-11-31/h2-15H,1,16-30H2. The van der Waals surface area contributed by atoms with Gasteiger partial charge in [0.25, 0.3) is 0 Å². The lowest BCUT2D eigenvalue weighted by molar-refractivity contribution is 0.0269. The molecule has 4 rings (SSSR count). The first-order valence-corrected chi connectivity index (χ1v) is 15.2. The third-order valence-corrected chi connectivity index (χ3v) is 6.96. The molecule has 0 aliphatic carbocycles. The monoisotopic (exact) mass is 590 g/mol. The second-order valence-corrected chi connectivity index (χ2v) is 10.2. The van der Waals surface area contributed by atoms with Crippen molar-refractivity contribution in [3.05, 3.63) is 103 Å². The molecule has 1 aliphatic rings. The molecule has 0 unspecified atom stereocenters. The van der Waals surface area contributed by atoms with Gasteiger partial charge in [0.2, 0.25) is 5.75 Å². The molecule has 3 aromatic carbocycles. The van der Waals surface area contributed by atoms with E-state index in [0.29, 0.717) is 76.7 Å².